The topological polar surface area (TPSA) is 47.9 Å². The first kappa shape index (κ1) is 13.5. The third-order valence-electron chi connectivity index (χ3n) is 3.23. The van der Waals surface area contributed by atoms with Gasteiger partial charge in [-0.3, -0.25) is 0 Å². The average molecular weight is 252 g/mol. The largest absolute Gasteiger partial charge is 0.388 e. The number of rotatable bonds is 4. The van der Waals surface area contributed by atoms with Crippen LogP contribution >= 0.6 is 0 Å². The lowest BCUT2D eigenvalue weighted by Crippen LogP contribution is -2.48. The molecule has 0 spiro atoms. The van der Waals surface area contributed by atoms with Crippen molar-refractivity contribution in [1.29, 1.82) is 0 Å². The van der Waals surface area contributed by atoms with E-state index in [1.807, 2.05) is 37.3 Å². The van der Waals surface area contributed by atoms with E-state index in [0.717, 1.165) is 5.56 Å². The molecule has 0 aromatic heterocycles. The second kappa shape index (κ2) is 6.29. The van der Waals surface area contributed by atoms with Crippen molar-refractivity contribution in [3.05, 3.63) is 35.9 Å². The Morgan fingerprint density at radius 1 is 1.33 bits per heavy atom. The molecular weight excluding hydrogens is 232 g/mol. The number of methoxy groups -OCH3 is 1. The summed E-state index contributed by atoms with van der Waals surface area (Å²) in [7, 11) is 1.60. The zero-order chi connectivity index (χ0) is 13.0. The molecule has 1 heterocycles. The van der Waals surface area contributed by atoms with Gasteiger partial charge in [0.2, 0.25) is 0 Å². The summed E-state index contributed by atoms with van der Waals surface area (Å²) in [6.07, 6.45) is -0.867. The molecule has 100 valence electrons. The first-order chi connectivity index (χ1) is 8.70. The van der Waals surface area contributed by atoms with E-state index < -0.39 is 6.10 Å². The zero-order valence-electron chi connectivity index (χ0n) is 10.8. The molecule has 0 amide bonds. The molecule has 1 N–H and O–H groups in total. The van der Waals surface area contributed by atoms with E-state index in [-0.39, 0.29) is 18.5 Å². The van der Waals surface area contributed by atoms with Gasteiger partial charge in [0, 0.05) is 13.5 Å². The van der Waals surface area contributed by atoms with E-state index in [2.05, 4.69) is 0 Å². The van der Waals surface area contributed by atoms with Crippen LogP contribution in [0.2, 0.25) is 0 Å². The molecule has 1 aliphatic heterocycles. The fourth-order valence-corrected chi connectivity index (χ4v) is 2.11. The standard InChI is InChI=1S/C14H20O4/c1-10-14(15)12(16-2)8-13(18-10)17-9-11-6-4-3-5-7-11/h3-7,10,12-15H,8-9H2,1-2H3/t10-,12-,13?,14-/m1/s1. The Morgan fingerprint density at radius 3 is 2.72 bits per heavy atom. The summed E-state index contributed by atoms with van der Waals surface area (Å²) in [5.41, 5.74) is 1.11. The van der Waals surface area contributed by atoms with Crippen molar-refractivity contribution in [1.82, 2.24) is 0 Å². The molecule has 2 rings (SSSR count). The zero-order valence-corrected chi connectivity index (χ0v) is 10.8. The number of ether oxygens (including phenoxy) is 3. The monoisotopic (exact) mass is 252 g/mol. The molecule has 1 aromatic rings. The Bertz CT molecular complexity index is 354. The molecule has 1 saturated heterocycles. The maximum absolute atomic E-state index is 9.83. The molecule has 0 radical (unpaired) electrons. The predicted octanol–water partition coefficient (Wildman–Crippen LogP) is 1.71. The molecule has 0 aliphatic carbocycles. The number of hydrogen-bond acceptors (Lipinski definition) is 4. The minimum absolute atomic E-state index is 0.227. The second-order valence-electron chi connectivity index (χ2n) is 4.57. The molecule has 4 nitrogen and oxygen atoms in total. The SMILES string of the molecule is CO[C@@H]1CC(OCc2ccccc2)O[C@H](C)[C@H]1O. The van der Waals surface area contributed by atoms with Crippen LogP contribution < -0.4 is 0 Å². The molecule has 4 heteroatoms. The van der Waals surface area contributed by atoms with Gasteiger partial charge < -0.3 is 19.3 Å². The molecule has 1 fully saturated rings. The van der Waals surface area contributed by atoms with Gasteiger partial charge in [-0.2, -0.15) is 0 Å². The van der Waals surface area contributed by atoms with Gasteiger partial charge in [-0.25, -0.2) is 0 Å². The average Bonchev–Trinajstić information content (AvgIpc) is 2.41. The highest BCUT2D eigenvalue weighted by molar-refractivity contribution is 5.13. The van der Waals surface area contributed by atoms with Crippen LogP contribution in [0.15, 0.2) is 30.3 Å². The van der Waals surface area contributed by atoms with Gasteiger partial charge in [0.1, 0.15) is 6.10 Å². The lowest BCUT2D eigenvalue weighted by Gasteiger charge is -2.36. The van der Waals surface area contributed by atoms with E-state index in [1.165, 1.54) is 0 Å². The van der Waals surface area contributed by atoms with Gasteiger partial charge in [-0.15, -0.1) is 0 Å². The van der Waals surface area contributed by atoms with Crippen LogP contribution in [-0.4, -0.2) is 36.8 Å². The summed E-state index contributed by atoms with van der Waals surface area (Å²) in [6, 6.07) is 9.94. The van der Waals surface area contributed by atoms with Crippen molar-refractivity contribution < 1.29 is 19.3 Å². The Morgan fingerprint density at radius 2 is 2.06 bits per heavy atom. The van der Waals surface area contributed by atoms with Gasteiger partial charge in [-0.1, -0.05) is 30.3 Å². The lowest BCUT2D eigenvalue weighted by atomic mass is 10.0. The van der Waals surface area contributed by atoms with Crippen LogP contribution in [0, 0.1) is 0 Å². The van der Waals surface area contributed by atoms with Crippen molar-refractivity contribution in [3.8, 4) is 0 Å². The number of aliphatic hydroxyl groups excluding tert-OH is 1. The first-order valence-electron chi connectivity index (χ1n) is 6.22. The summed E-state index contributed by atoms with van der Waals surface area (Å²) >= 11 is 0. The quantitative estimate of drug-likeness (QED) is 0.886. The van der Waals surface area contributed by atoms with Crippen LogP contribution in [0.3, 0.4) is 0 Å². The molecule has 4 atom stereocenters. The normalized spacial score (nSPS) is 32.4. The maximum Gasteiger partial charge on any atom is 0.161 e. The summed E-state index contributed by atoms with van der Waals surface area (Å²) in [4.78, 5) is 0. The second-order valence-corrected chi connectivity index (χ2v) is 4.57. The Balaban J connectivity index is 1.86. The van der Waals surface area contributed by atoms with Crippen LogP contribution in [0.25, 0.3) is 0 Å². The highest BCUT2D eigenvalue weighted by atomic mass is 16.7. The van der Waals surface area contributed by atoms with E-state index in [0.29, 0.717) is 13.0 Å². The number of aliphatic hydroxyl groups is 1. The fourth-order valence-electron chi connectivity index (χ4n) is 2.11. The summed E-state index contributed by atoms with van der Waals surface area (Å²) < 4.78 is 16.6. The highest BCUT2D eigenvalue weighted by Crippen LogP contribution is 2.23. The van der Waals surface area contributed by atoms with Crippen LogP contribution in [0.5, 0.6) is 0 Å². The fraction of sp³-hybridized carbons (Fsp3) is 0.571. The van der Waals surface area contributed by atoms with Crippen LogP contribution in [0.1, 0.15) is 18.9 Å². The molecule has 18 heavy (non-hydrogen) atoms. The van der Waals surface area contributed by atoms with Crippen LogP contribution in [0.4, 0.5) is 0 Å². The van der Waals surface area contributed by atoms with Gasteiger partial charge in [-0.05, 0) is 12.5 Å². The van der Waals surface area contributed by atoms with E-state index in [9.17, 15) is 5.11 Å². The Kier molecular flexibility index (Phi) is 4.72. The van der Waals surface area contributed by atoms with E-state index in [1.54, 1.807) is 7.11 Å². The van der Waals surface area contributed by atoms with Crippen molar-refractivity contribution in [3.63, 3.8) is 0 Å². The Labute approximate surface area is 107 Å². The third kappa shape index (κ3) is 3.29. The molecule has 0 saturated carbocycles. The molecular formula is C14H20O4. The summed E-state index contributed by atoms with van der Waals surface area (Å²) in [5.74, 6) is 0. The molecule has 1 aliphatic rings. The van der Waals surface area contributed by atoms with Crippen molar-refractivity contribution >= 4 is 0 Å². The lowest BCUT2D eigenvalue weighted by molar-refractivity contribution is -0.253. The molecule has 0 bridgehead atoms. The summed E-state index contributed by atoms with van der Waals surface area (Å²) in [6.45, 7) is 2.33. The van der Waals surface area contributed by atoms with E-state index in [4.69, 9.17) is 14.2 Å². The number of benzene rings is 1. The first-order valence-corrected chi connectivity index (χ1v) is 6.22. The van der Waals surface area contributed by atoms with Gasteiger partial charge in [0.15, 0.2) is 6.29 Å². The molecule has 1 unspecified atom stereocenters. The van der Waals surface area contributed by atoms with Crippen molar-refractivity contribution in [2.45, 2.75) is 44.6 Å². The van der Waals surface area contributed by atoms with Gasteiger partial charge >= 0.3 is 0 Å². The third-order valence-corrected chi connectivity index (χ3v) is 3.23. The van der Waals surface area contributed by atoms with Gasteiger partial charge in [0.05, 0.1) is 18.8 Å². The minimum Gasteiger partial charge on any atom is -0.388 e. The van der Waals surface area contributed by atoms with Crippen molar-refractivity contribution in [2.24, 2.45) is 0 Å². The van der Waals surface area contributed by atoms with Crippen molar-refractivity contribution in [2.75, 3.05) is 7.11 Å². The smallest absolute Gasteiger partial charge is 0.161 e. The predicted molar refractivity (Wildman–Crippen MR) is 67.0 cm³/mol. The highest BCUT2D eigenvalue weighted by Gasteiger charge is 2.35. The van der Waals surface area contributed by atoms with E-state index >= 15 is 0 Å². The Hall–Kier alpha value is -0.940. The minimum atomic E-state index is -0.591. The summed E-state index contributed by atoms with van der Waals surface area (Å²) in [5, 5.41) is 9.83. The molecule has 1 aromatic carbocycles. The number of hydrogen-bond donors (Lipinski definition) is 1. The maximum atomic E-state index is 9.83. The van der Waals surface area contributed by atoms with Crippen LogP contribution in [-0.2, 0) is 20.8 Å². The van der Waals surface area contributed by atoms with Gasteiger partial charge in [0.25, 0.3) is 0 Å².